The molecule has 4 rings (SSSR count). The van der Waals surface area contributed by atoms with Crippen molar-refractivity contribution in [2.75, 3.05) is 4.90 Å². The fraction of sp³-hybridized carbons (Fsp3) is 0.167. The second-order valence-corrected chi connectivity index (χ2v) is 7.37. The lowest BCUT2D eigenvalue weighted by Gasteiger charge is -2.17. The molecule has 1 heterocycles. The third-order valence-electron chi connectivity index (χ3n) is 5.34. The second kappa shape index (κ2) is 7.80. The highest BCUT2D eigenvalue weighted by Crippen LogP contribution is 2.30. The number of fused-ring (bicyclic) bond motifs is 1. The summed E-state index contributed by atoms with van der Waals surface area (Å²) in [5, 5.41) is 13.6. The summed E-state index contributed by atoms with van der Waals surface area (Å²) < 4.78 is 0. The Morgan fingerprint density at radius 3 is 2.24 bits per heavy atom. The minimum atomic E-state index is -0.292. The molecular formula is C24H23N3O2. The first-order chi connectivity index (χ1) is 14.0. The number of para-hydroxylation sites is 1. The lowest BCUT2D eigenvalue weighted by atomic mass is 10.0. The largest absolute Gasteiger partial charge is 0.507 e. The number of amides is 1. The van der Waals surface area contributed by atoms with Crippen LogP contribution in [0.5, 0.6) is 5.75 Å². The minimum absolute atomic E-state index is 0.117. The van der Waals surface area contributed by atoms with Crippen molar-refractivity contribution in [3.05, 3.63) is 94.0 Å². The maximum atomic E-state index is 12.3. The van der Waals surface area contributed by atoms with Gasteiger partial charge in [0, 0.05) is 29.9 Å². The Hall–Kier alpha value is -3.60. The zero-order valence-electron chi connectivity index (χ0n) is 16.5. The summed E-state index contributed by atoms with van der Waals surface area (Å²) in [5.74, 6) is -0.175. The topological polar surface area (TPSA) is 64.9 Å². The molecule has 29 heavy (non-hydrogen) atoms. The summed E-state index contributed by atoms with van der Waals surface area (Å²) in [4.78, 5) is 14.6. The van der Waals surface area contributed by atoms with Crippen molar-refractivity contribution in [3.63, 3.8) is 0 Å². The van der Waals surface area contributed by atoms with E-state index >= 15 is 0 Å². The summed E-state index contributed by atoms with van der Waals surface area (Å²) in [6.07, 6.45) is 1.42. The molecule has 1 amide bonds. The van der Waals surface area contributed by atoms with Crippen LogP contribution in [0, 0.1) is 13.8 Å². The number of carbonyl (C=O) groups is 1. The Labute approximate surface area is 170 Å². The second-order valence-electron chi connectivity index (χ2n) is 7.37. The van der Waals surface area contributed by atoms with Gasteiger partial charge in [-0.3, -0.25) is 4.79 Å². The lowest BCUT2D eigenvalue weighted by molar-refractivity contribution is 0.0955. The number of anilines is 1. The zero-order chi connectivity index (χ0) is 20.4. The first-order valence-electron chi connectivity index (χ1n) is 9.56. The van der Waals surface area contributed by atoms with Gasteiger partial charge in [0.2, 0.25) is 0 Å². The van der Waals surface area contributed by atoms with Crippen molar-refractivity contribution in [1.82, 2.24) is 5.43 Å². The SMILES string of the molecule is Cc1cc2c(cc1C)CN(c1ccc(C(=O)NN=Cc3ccccc3O)cc1)C2. The molecule has 3 aromatic carbocycles. The first-order valence-corrected chi connectivity index (χ1v) is 9.56. The summed E-state index contributed by atoms with van der Waals surface area (Å²) in [6.45, 7) is 6.06. The molecule has 2 N–H and O–H groups in total. The number of nitrogens with zero attached hydrogens (tertiary/aromatic N) is 2. The average Bonchev–Trinajstić information content (AvgIpc) is 3.12. The van der Waals surface area contributed by atoms with E-state index in [4.69, 9.17) is 0 Å². The predicted octanol–water partition coefficient (Wildman–Crippen LogP) is 4.29. The van der Waals surface area contributed by atoms with Gasteiger partial charge in [0.05, 0.1) is 6.21 Å². The number of nitrogens with one attached hydrogen (secondary N) is 1. The highest BCUT2D eigenvalue weighted by molar-refractivity contribution is 5.95. The Bertz CT molecular complexity index is 1060. The lowest BCUT2D eigenvalue weighted by Crippen LogP contribution is -2.18. The Morgan fingerprint density at radius 1 is 1.00 bits per heavy atom. The van der Waals surface area contributed by atoms with Crippen molar-refractivity contribution >= 4 is 17.8 Å². The van der Waals surface area contributed by atoms with Gasteiger partial charge >= 0.3 is 0 Å². The number of benzene rings is 3. The highest BCUT2D eigenvalue weighted by atomic mass is 16.3. The molecule has 5 nitrogen and oxygen atoms in total. The van der Waals surface area contributed by atoms with E-state index in [1.807, 2.05) is 12.1 Å². The molecule has 0 aromatic heterocycles. The molecule has 0 saturated carbocycles. The Kier molecular flexibility index (Phi) is 5.04. The first kappa shape index (κ1) is 18.7. The fourth-order valence-electron chi connectivity index (χ4n) is 3.53. The molecule has 1 aliphatic heterocycles. The van der Waals surface area contributed by atoms with Gasteiger partial charge in [0.15, 0.2) is 0 Å². The predicted molar refractivity (Wildman–Crippen MR) is 115 cm³/mol. The standard InChI is InChI=1S/C24H23N3O2/c1-16-11-20-14-27(15-21(20)12-17(16)2)22-9-7-18(8-10-22)24(29)26-25-13-19-5-3-4-6-23(19)28/h3-13,28H,14-15H2,1-2H3,(H,26,29). The number of aryl methyl sites for hydroxylation is 2. The van der Waals surface area contributed by atoms with E-state index in [1.165, 1.54) is 28.5 Å². The van der Waals surface area contributed by atoms with Crippen molar-refractivity contribution in [3.8, 4) is 5.75 Å². The molecular weight excluding hydrogens is 362 g/mol. The fourth-order valence-corrected chi connectivity index (χ4v) is 3.53. The molecule has 0 aliphatic carbocycles. The van der Waals surface area contributed by atoms with Gasteiger partial charge in [-0.05, 0) is 72.5 Å². The number of hydrazone groups is 1. The number of hydrogen-bond donors (Lipinski definition) is 2. The van der Waals surface area contributed by atoms with E-state index < -0.39 is 0 Å². The minimum Gasteiger partial charge on any atom is -0.507 e. The van der Waals surface area contributed by atoms with Gasteiger partial charge in [0.1, 0.15) is 5.75 Å². The molecule has 0 atom stereocenters. The number of phenols is 1. The van der Waals surface area contributed by atoms with Crippen LogP contribution in [-0.2, 0) is 13.1 Å². The smallest absolute Gasteiger partial charge is 0.271 e. The van der Waals surface area contributed by atoms with Crippen LogP contribution in [0.4, 0.5) is 5.69 Å². The average molecular weight is 385 g/mol. The van der Waals surface area contributed by atoms with Gasteiger partial charge < -0.3 is 10.0 Å². The summed E-state index contributed by atoms with van der Waals surface area (Å²) in [5.41, 5.74) is 10.0. The molecule has 0 spiro atoms. The van der Waals surface area contributed by atoms with E-state index in [1.54, 1.807) is 36.4 Å². The number of aromatic hydroxyl groups is 1. The van der Waals surface area contributed by atoms with Crippen molar-refractivity contribution in [2.24, 2.45) is 5.10 Å². The molecule has 0 saturated heterocycles. The third-order valence-corrected chi connectivity index (χ3v) is 5.34. The molecule has 0 unspecified atom stereocenters. The zero-order valence-corrected chi connectivity index (χ0v) is 16.5. The van der Waals surface area contributed by atoms with Crippen LogP contribution in [0.3, 0.4) is 0 Å². The molecule has 0 radical (unpaired) electrons. The van der Waals surface area contributed by atoms with Crippen molar-refractivity contribution in [1.29, 1.82) is 0 Å². The van der Waals surface area contributed by atoms with Crippen LogP contribution in [0.25, 0.3) is 0 Å². The Morgan fingerprint density at radius 2 is 1.62 bits per heavy atom. The Balaban J connectivity index is 1.40. The number of phenolic OH excluding ortho intramolecular Hbond substituents is 1. The van der Waals surface area contributed by atoms with E-state index in [0.29, 0.717) is 11.1 Å². The molecule has 0 fully saturated rings. The van der Waals surface area contributed by atoms with Crippen LogP contribution in [-0.4, -0.2) is 17.2 Å². The molecule has 1 aliphatic rings. The van der Waals surface area contributed by atoms with Gasteiger partial charge in [0.25, 0.3) is 5.91 Å². The van der Waals surface area contributed by atoms with Gasteiger partial charge in [-0.1, -0.05) is 24.3 Å². The monoisotopic (exact) mass is 385 g/mol. The van der Waals surface area contributed by atoms with Crippen LogP contribution in [0.1, 0.15) is 38.2 Å². The van der Waals surface area contributed by atoms with Crippen LogP contribution in [0.2, 0.25) is 0 Å². The maximum Gasteiger partial charge on any atom is 0.271 e. The number of carbonyl (C=O) groups excluding carboxylic acids is 1. The quantitative estimate of drug-likeness (QED) is 0.520. The molecule has 3 aromatic rings. The van der Waals surface area contributed by atoms with Crippen molar-refractivity contribution in [2.45, 2.75) is 26.9 Å². The molecule has 146 valence electrons. The summed E-state index contributed by atoms with van der Waals surface area (Å²) in [6, 6.07) is 18.9. The number of hydrogen-bond acceptors (Lipinski definition) is 4. The van der Waals surface area contributed by atoms with Gasteiger partial charge in [-0.2, -0.15) is 5.10 Å². The van der Waals surface area contributed by atoms with E-state index in [9.17, 15) is 9.90 Å². The van der Waals surface area contributed by atoms with Crippen LogP contribution >= 0.6 is 0 Å². The van der Waals surface area contributed by atoms with E-state index in [2.05, 4.69) is 41.4 Å². The van der Waals surface area contributed by atoms with Gasteiger partial charge in [-0.15, -0.1) is 0 Å². The number of rotatable bonds is 4. The molecule has 0 bridgehead atoms. The van der Waals surface area contributed by atoms with E-state index in [-0.39, 0.29) is 11.7 Å². The third kappa shape index (κ3) is 3.99. The molecule has 5 heteroatoms. The normalized spacial score (nSPS) is 13.0. The maximum absolute atomic E-state index is 12.3. The van der Waals surface area contributed by atoms with Crippen LogP contribution < -0.4 is 10.3 Å². The summed E-state index contributed by atoms with van der Waals surface area (Å²) in [7, 11) is 0. The summed E-state index contributed by atoms with van der Waals surface area (Å²) >= 11 is 0. The van der Waals surface area contributed by atoms with Gasteiger partial charge in [-0.25, -0.2) is 5.43 Å². The highest BCUT2D eigenvalue weighted by Gasteiger charge is 2.20. The van der Waals surface area contributed by atoms with Crippen LogP contribution in [0.15, 0.2) is 65.8 Å². The van der Waals surface area contributed by atoms with E-state index in [0.717, 1.165) is 18.8 Å². The van der Waals surface area contributed by atoms with Crippen molar-refractivity contribution < 1.29 is 9.90 Å².